The van der Waals surface area contributed by atoms with Gasteiger partial charge in [0.2, 0.25) is 5.91 Å². The average Bonchev–Trinajstić information content (AvgIpc) is 2.15. The van der Waals surface area contributed by atoms with E-state index in [0.29, 0.717) is 19.9 Å². The maximum absolute atomic E-state index is 11.1. The van der Waals surface area contributed by atoms with Gasteiger partial charge in [-0.05, 0) is 13.3 Å². The quantitative estimate of drug-likeness (QED) is 0.686. The predicted octanol–water partition coefficient (Wildman–Crippen LogP) is 0.493. The first-order valence-corrected chi connectivity index (χ1v) is 4.75. The first-order valence-electron chi connectivity index (χ1n) is 4.31. The maximum Gasteiger partial charge on any atom is 0.237 e. The molecular formula is C8H14ClNO3. The Morgan fingerprint density at radius 3 is 3.08 bits per heavy atom. The van der Waals surface area contributed by atoms with Crippen molar-refractivity contribution in [3.05, 3.63) is 0 Å². The van der Waals surface area contributed by atoms with E-state index >= 15 is 0 Å². The van der Waals surface area contributed by atoms with Crippen LogP contribution in [0, 0.1) is 0 Å². The van der Waals surface area contributed by atoms with Crippen LogP contribution in [0.1, 0.15) is 13.3 Å². The van der Waals surface area contributed by atoms with Gasteiger partial charge in [0.05, 0.1) is 12.7 Å². The monoisotopic (exact) mass is 207 g/mol. The molecule has 1 aliphatic heterocycles. The van der Waals surface area contributed by atoms with Gasteiger partial charge in [0, 0.05) is 6.54 Å². The minimum absolute atomic E-state index is 0.0631. The van der Waals surface area contributed by atoms with E-state index in [0.717, 1.165) is 6.42 Å². The number of ether oxygens (including phenoxy) is 2. The third kappa shape index (κ3) is 3.93. The van der Waals surface area contributed by atoms with Crippen molar-refractivity contribution in [2.24, 2.45) is 0 Å². The Morgan fingerprint density at radius 2 is 2.54 bits per heavy atom. The second kappa shape index (κ2) is 5.42. The van der Waals surface area contributed by atoms with Gasteiger partial charge in [0.15, 0.2) is 0 Å². The second-order valence-corrected chi connectivity index (χ2v) is 3.62. The highest BCUT2D eigenvalue weighted by Crippen LogP contribution is 2.04. The molecule has 0 bridgehead atoms. The lowest BCUT2D eigenvalue weighted by molar-refractivity contribution is -0.140. The van der Waals surface area contributed by atoms with Crippen LogP contribution in [0.2, 0.25) is 0 Å². The summed E-state index contributed by atoms with van der Waals surface area (Å²) in [6, 6.07) is 0. The number of hydrogen-bond acceptors (Lipinski definition) is 3. The Labute approximate surface area is 82.5 Å². The van der Waals surface area contributed by atoms with Crippen LogP contribution in [-0.4, -0.2) is 37.3 Å². The van der Waals surface area contributed by atoms with Gasteiger partial charge >= 0.3 is 0 Å². The highest BCUT2D eigenvalue weighted by molar-refractivity contribution is 6.30. The Morgan fingerprint density at radius 1 is 1.77 bits per heavy atom. The van der Waals surface area contributed by atoms with Crippen molar-refractivity contribution in [2.75, 3.05) is 19.9 Å². The third-order valence-electron chi connectivity index (χ3n) is 1.84. The zero-order valence-electron chi connectivity index (χ0n) is 7.59. The summed E-state index contributed by atoms with van der Waals surface area (Å²) in [6.45, 7) is 3.16. The molecule has 1 N–H and O–H groups in total. The number of rotatable bonds is 3. The predicted molar refractivity (Wildman–Crippen MR) is 48.6 cm³/mol. The molecule has 1 rings (SSSR count). The number of amides is 1. The SMILES string of the molecule is CC(Cl)C(=O)NCC1CCOCO1. The summed E-state index contributed by atoms with van der Waals surface area (Å²) >= 11 is 5.57. The zero-order chi connectivity index (χ0) is 9.68. The van der Waals surface area contributed by atoms with Gasteiger partial charge in [-0.2, -0.15) is 0 Å². The smallest absolute Gasteiger partial charge is 0.237 e. The molecule has 1 heterocycles. The fourth-order valence-corrected chi connectivity index (χ4v) is 1.09. The van der Waals surface area contributed by atoms with E-state index in [1.54, 1.807) is 6.92 Å². The molecule has 2 unspecified atom stereocenters. The maximum atomic E-state index is 11.1. The molecule has 13 heavy (non-hydrogen) atoms. The summed E-state index contributed by atoms with van der Waals surface area (Å²) in [5.74, 6) is -0.156. The molecule has 1 fully saturated rings. The number of hydrogen-bond donors (Lipinski definition) is 1. The van der Waals surface area contributed by atoms with Crippen LogP contribution in [0.3, 0.4) is 0 Å². The van der Waals surface area contributed by atoms with Crippen LogP contribution in [-0.2, 0) is 14.3 Å². The van der Waals surface area contributed by atoms with Gasteiger partial charge in [-0.25, -0.2) is 0 Å². The Bertz CT molecular complexity index is 169. The van der Waals surface area contributed by atoms with Crippen LogP contribution in [0.15, 0.2) is 0 Å². The first kappa shape index (κ1) is 10.8. The van der Waals surface area contributed by atoms with E-state index < -0.39 is 5.38 Å². The Kier molecular flexibility index (Phi) is 4.48. The second-order valence-electron chi connectivity index (χ2n) is 2.96. The first-order chi connectivity index (χ1) is 6.20. The summed E-state index contributed by atoms with van der Waals surface area (Å²) in [7, 11) is 0. The summed E-state index contributed by atoms with van der Waals surface area (Å²) in [5, 5.41) is 2.21. The highest BCUT2D eigenvalue weighted by Gasteiger charge is 2.16. The van der Waals surface area contributed by atoms with Gasteiger partial charge in [-0.1, -0.05) is 0 Å². The van der Waals surface area contributed by atoms with Gasteiger partial charge < -0.3 is 14.8 Å². The molecule has 0 aromatic heterocycles. The molecule has 0 radical (unpaired) electrons. The molecule has 1 amide bonds. The van der Waals surface area contributed by atoms with E-state index in [1.807, 2.05) is 0 Å². The van der Waals surface area contributed by atoms with E-state index in [9.17, 15) is 4.79 Å². The number of nitrogens with one attached hydrogen (secondary N) is 1. The van der Waals surface area contributed by atoms with Crippen LogP contribution in [0.25, 0.3) is 0 Å². The lowest BCUT2D eigenvalue weighted by Gasteiger charge is -2.23. The molecule has 1 saturated heterocycles. The highest BCUT2D eigenvalue weighted by atomic mass is 35.5. The molecule has 1 aliphatic rings. The van der Waals surface area contributed by atoms with E-state index in [-0.39, 0.29) is 12.0 Å². The van der Waals surface area contributed by atoms with Crippen molar-refractivity contribution in [3.63, 3.8) is 0 Å². The molecular weight excluding hydrogens is 194 g/mol. The van der Waals surface area contributed by atoms with Crippen LogP contribution in [0.5, 0.6) is 0 Å². The largest absolute Gasteiger partial charge is 0.355 e. The summed E-state index contributed by atoms with van der Waals surface area (Å²) in [5.41, 5.74) is 0. The average molecular weight is 208 g/mol. The van der Waals surface area contributed by atoms with E-state index in [1.165, 1.54) is 0 Å². The Balaban J connectivity index is 2.13. The molecule has 4 nitrogen and oxygen atoms in total. The standard InChI is InChI=1S/C8H14ClNO3/c1-6(9)8(11)10-4-7-2-3-12-5-13-7/h6-7H,2-5H2,1H3,(H,10,11). The molecule has 0 aliphatic carbocycles. The summed E-state index contributed by atoms with van der Waals surface area (Å²) in [6.07, 6.45) is 0.879. The van der Waals surface area contributed by atoms with Crippen LogP contribution in [0.4, 0.5) is 0 Å². The lowest BCUT2D eigenvalue weighted by Crippen LogP contribution is -2.39. The topological polar surface area (TPSA) is 47.6 Å². The molecule has 0 spiro atoms. The molecule has 5 heteroatoms. The minimum Gasteiger partial charge on any atom is -0.355 e. The van der Waals surface area contributed by atoms with Gasteiger partial charge in [-0.15, -0.1) is 11.6 Å². The third-order valence-corrected chi connectivity index (χ3v) is 2.03. The molecule has 0 saturated carbocycles. The van der Waals surface area contributed by atoms with Crippen molar-refractivity contribution < 1.29 is 14.3 Å². The molecule has 76 valence electrons. The summed E-state index contributed by atoms with van der Waals surface area (Å²) in [4.78, 5) is 11.1. The van der Waals surface area contributed by atoms with Crippen molar-refractivity contribution in [3.8, 4) is 0 Å². The Hall–Kier alpha value is -0.320. The van der Waals surface area contributed by atoms with Gasteiger partial charge in [-0.3, -0.25) is 4.79 Å². The van der Waals surface area contributed by atoms with Crippen LogP contribution < -0.4 is 5.32 Å². The fraction of sp³-hybridized carbons (Fsp3) is 0.875. The van der Waals surface area contributed by atoms with Crippen molar-refractivity contribution >= 4 is 17.5 Å². The van der Waals surface area contributed by atoms with Gasteiger partial charge in [0.25, 0.3) is 0 Å². The normalized spacial score (nSPS) is 25.2. The lowest BCUT2D eigenvalue weighted by atomic mass is 10.2. The molecule has 0 aromatic carbocycles. The van der Waals surface area contributed by atoms with Crippen molar-refractivity contribution in [1.29, 1.82) is 0 Å². The van der Waals surface area contributed by atoms with Crippen molar-refractivity contribution in [1.82, 2.24) is 5.32 Å². The minimum atomic E-state index is -0.486. The van der Waals surface area contributed by atoms with Crippen LogP contribution >= 0.6 is 11.6 Å². The zero-order valence-corrected chi connectivity index (χ0v) is 8.34. The fourth-order valence-electron chi connectivity index (χ4n) is 1.02. The molecule has 0 aromatic rings. The van der Waals surface area contributed by atoms with E-state index in [4.69, 9.17) is 21.1 Å². The number of alkyl halides is 1. The number of carbonyl (C=O) groups excluding carboxylic acids is 1. The van der Waals surface area contributed by atoms with Gasteiger partial charge in [0.1, 0.15) is 12.2 Å². The number of carbonyl (C=O) groups is 1. The van der Waals surface area contributed by atoms with E-state index in [2.05, 4.69) is 5.32 Å². The molecule has 2 atom stereocenters. The number of halogens is 1. The summed E-state index contributed by atoms with van der Waals surface area (Å²) < 4.78 is 10.2. The van der Waals surface area contributed by atoms with Crippen molar-refractivity contribution in [2.45, 2.75) is 24.8 Å².